The average Bonchev–Trinajstić information content (AvgIpc) is 3.64. The van der Waals surface area contributed by atoms with Crippen LogP contribution in [0.4, 0.5) is 5.69 Å². The minimum Gasteiger partial charge on any atom is -0.497 e. The smallest absolute Gasteiger partial charge is 0.237 e. The lowest BCUT2D eigenvalue weighted by molar-refractivity contribution is -0.122. The first-order chi connectivity index (χ1) is 18.0. The Morgan fingerprint density at radius 2 is 1.57 bits per heavy atom. The molecule has 2 spiro atoms. The summed E-state index contributed by atoms with van der Waals surface area (Å²) in [4.78, 5) is 59.5. The van der Waals surface area contributed by atoms with Gasteiger partial charge < -0.3 is 10.1 Å². The van der Waals surface area contributed by atoms with Gasteiger partial charge in [0.25, 0.3) is 0 Å². The Morgan fingerprint density at radius 3 is 2.24 bits per heavy atom. The highest BCUT2D eigenvalue weighted by Gasteiger charge is 2.80. The summed E-state index contributed by atoms with van der Waals surface area (Å²) in [5.41, 5.74) is -0.895. The normalized spacial score (nSPS) is 26.9. The van der Waals surface area contributed by atoms with Crippen molar-refractivity contribution in [2.45, 2.75) is 29.8 Å². The van der Waals surface area contributed by atoms with Crippen LogP contribution in [-0.4, -0.2) is 53.4 Å². The zero-order chi connectivity index (χ0) is 25.5. The van der Waals surface area contributed by atoms with Crippen molar-refractivity contribution in [3.63, 3.8) is 0 Å². The average molecular weight is 493 g/mol. The molecular formula is C30H24N2O5. The summed E-state index contributed by atoms with van der Waals surface area (Å²) in [5, 5.41) is 2.99. The van der Waals surface area contributed by atoms with Gasteiger partial charge in [0.1, 0.15) is 11.2 Å². The number of anilines is 1. The SMILES string of the molecule is COc1ccc(C(=O)[C@H]2C3(C(=O)c4ccccc4C3=O)N3CCC[C@@H]3[C@@]23C(=O)Nc2ccccc23)cc1. The Labute approximate surface area is 213 Å². The van der Waals surface area contributed by atoms with Crippen molar-refractivity contribution < 1.29 is 23.9 Å². The fourth-order valence-electron chi connectivity index (χ4n) is 7.50. The van der Waals surface area contributed by atoms with E-state index in [1.807, 2.05) is 29.2 Å². The van der Waals surface area contributed by atoms with E-state index in [1.54, 1.807) is 55.6 Å². The van der Waals surface area contributed by atoms with Gasteiger partial charge in [-0.15, -0.1) is 0 Å². The predicted octanol–water partition coefficient (Wildman–Crippen LogP) is 3.68. The highest BCUT2D eigenvalue weighted by molar-refractivity contribution is 6.36. The van der Waals surface area contributed by atoms with E-state index in [-0.39, 0.29) is 17.5 Å². The molecule has 3 aromatic rings. The van der Waals surface area contributed by atoms with E-state index in [0.717, 1.165) is 6.42 Å². The number of rotatable bonds is 3. The summed E-state index contributed by atoms with van der Waals surface area (Å²) in [6.45, 7) is 0.458. The standard InChI is InChI=1S/C30H24N2O5/c1-37-18-14-12-17(13-15-18)24(33)25-29(21-9-4-5-10-22(21)31-28(29)36)23-11-6-16-32(23)30(25)26(34)19-7-2-3-8-20(19)27(30)35/h2-5,7-10,12-15,23,25H,6,11,16H2,1H3,(H,31,36)/t23-,25-,29-/m1/s1. The Bertz CT molecular complexity index is 1490. The molecule has 1 N–H and O–H groups in total. The second-order valence-corrected chi connectivity index (χ2v) is 10.2. The summed E-state index contributed by atoms with van der Waals surface area (Å²) < 4.78 is 5.27. The zero-order valence-electron chi connectivity index (χ0n) is 20.2. The van der Waals surface area contributed by atoms with Gasteiger partial charge in [0.15, 0.2) is 22.9 Å². The molecule has 37 heavy (non-hydrogen) atoms. The molecule has 1 amide bonds. The van der Waals surface area contributed by atoms with Gasteiger partial charge in [0.05, 0.1) is 13.0 Å². The Morgan fingerprint density at radius 1 is 0.919 bits per heavy atom. The van der Waals surface area contributed by atoms with Crippen molar-refractivity contribution in [1.82, 2.24) is 4.90 Å². The van der Waals surface area contributed by atoms with E-state index in [0.29, 0.717) is 46.7 Å². The third-order valence-electron chi connectivity index (χ3n) is 8.85. The van der Waals surface area contributed by atoms with Crippen LogP contribution in [0.5, 0.6) is 5.75 Å². The highest BCUT2D eigenvalue weighted by Crippen LogP contribution is 2.63. The fraction of sp³-hybridized carbons (Fsp3) is 0.267. The van der Waals surface area contributed by atoms with Crippen molar-refractivity contribution in [2.24, 2.45) is 5.92 Å². The quantitative estimate of drug-likeness (QED) is 0.443. The van der Waals surface area contributed by atoms with Gasteiger partial charge in [-0.3, -0.25) is 24.1 Å². The van der Waals surface area contributed by atoms with E-state index in [9.17, 15) is 19.2 Å². The first kappa shape index (κ1) is 22.1. The lowest BCUT2D eigenvalue weighted by Gasteiger charge is -2.37. The second kappa shape index (κ2) is 7.46. The number of methoxy groups -OCH3 is 1. The molecule has 3 aromatic carbocycles. The van der Waals surface area contributed by atoms with Gasteiger partial charge in [-0.25, -0.2) is 0 Å². The number of para-hydroxylation sites is 1. The molecule has 0 saturated carbocycles. The van der Waals surface area contributed by atoms with Crippen LogP contribution in [0.3, 0.4) is 0 Å². The molecule has 2 fully saturated rings. The molecule has 7 nitrogen and oxygen atoms in total. The summed E-state index contributed by atoms with van der Waals surface area (Å²) in [7, 11) is 1.54. The second-order valence-electron chi connectivity index (χ2n) is 10.2. The van der Waals surface area contributed by atoms with Crippen molar-refractivity contribution in [3.05, 3.63) is 95.1 Å². The molecule has 3 aliphatic heterocycles. The number of ketones is 3. The van der Waals surface area contributed by atoms with E-state index >= 15 is 0 Å². The number of nitrogens with zero attached hydrogens (tertiary/aromatic N) is 1. The van der Waals surface area contributed by atoms with E-state index in [4.69, 9.17) is 4.74 Å². The lowest BCUT2D eigenvalue weighted by atomic mass is 9.60. The molecule has 4 aliphatic rings. The van der Waals surface area contributed by atoms with Crippen LogP contribution in [0, 0.1) is 5.92 Å². The molecular weight excluding hydrogens is 468 g/mol. The highest BCUT2D eigenvalue weighted by atomic mass is 16.5. The number of ether oxygens (including phenoxy) is 1. The van der Waals surface area contributed by atoms with Crippen LogP contribution in [0.25, 0.3) is 0 Å². The number of hydrogen-bond donors (Lipinski definition) is 1. The maximum Gasteiger partial charge on any atom is 0.237 e. The molecule has 7 rings (SSSR count). The molecule has 0 unspecified atom stereocenters. The molecule has 0 bridgehead atoms. The van der Waals surface area contributed by atoms with E-state index in [2.05, 4.69) is 5.32 Å². The molecule has 0 aromatic heterocycles. The van der Waals surface area contributed by atoms with Crippen LogP contribution in [0.1, 0.15) is 49.5 Å². The summed E-state index contributed by atoms with van der Waals surface area (Å²) in [6, 6.07) is 20.3. The van der Waals surface area contributed by atoms with Gasteiger partial charge >= 0.3 is 0 Å². The van der Waals surface area contributed by atoms with Crippen molar-refractivity contribution in [3.8, 4) is 5.75 Å². The van der Waals surface area contributed by atoms with Crippen molar-refractivity contribution in [2.75, 3.05) is 19.0 Å². The topological polar surface area (TPSA) is 92.8 Å². The molecule has 184 valence electrons. The first-order valence-corrected chi connectivity index (χ1v) is 12.5. The number of nitrogens with one attached hydrogen (secondary N) is 1. The maximum absolute atomic E-state index is 14.6. The minimum absolute atomic E-state index is 0.314. The van der Waals surface area contributed by atoms with Crippen molar-refractivity contribution in [1.29, 1.82) is 0 Å². The molecule has 2 saturated heterocycles. The number of amides is 1. The van der Waals surface area contributed by atoms with Crippen LogP contribution in [-0.2, 0) is 10.2 Å². The number of fused-ring (bicyclic) bond motifs is 6. The van der Waals surface area contributed by atoms with E-state index < -0.39 is 28.7 Å². The number of Topliss-reactive ketones (excluding diaryl/α,β-unsaturated/α-hetero) is 3. The van der Waals surface area contributed by atoms with E-state index in [1.165, 1.54) is 0 Å². The predicted molar refractivity (Wildman–Crippen MR) is 135 cm³/mol. The monoisotopic (exact) mass is 492 g/mol. The van der Waals surface area contributed by atoms with Gasteiger partial charge in [-0.1, -0.05) is 42.5 Å². The van der Waals surface area contributed by atoms with Gasteiger partial charge in [-0.2, -0.15) is 0 Å². The third-order valence-corrected chi connectivity index (χ3v) is 8.85. The van der Waals surface area contributed by atoms with Crippen LogP contribution >= 0.6 is 0 Å². The number of benzene rings is 3. The fourth-order valence-corrected chi connectivity index (χ4v) is 7.50. The Balaban J connectivity index is 1.55. The molecule has 0 radical (unpaired) electrons. The summed E-state index contributed by atoms with van der Waals surface area (Å²) in [5.74, 6) is -2.14. The van der Waals surface area contributed by atoms with Gasteiger partial charge in [0, 0.05) is 28.4 Å². The first-order valence-electron chi connectivity index (χ1n) is 12.5. The maximum atomic E-state index is 14.6. The van der Waals surface area contributed by atoms with Gasteiger partial charge in [-0.05, 0) is 55.3 Å². The summed E-state index contributed by atoms with van der Waals surface area (Å²) >= 11 is 0. The number of carbonyl (C=O) groups excluding carboxylic acids is 4. The molecule has 3 heterocycles. The lowest BCUT2D eigenvalue weighted by Crippen LogP contribution is -2.60. The molecule has 7 heteroatoms. The number of hydrogen-bond acceptors (Lipinski definition) is 6. The third kappa shape index (κ3) is 2.45. The van der Waals surface area contributed by atoms with Gasteiger partial charge in [0.2, 0.25) is 5.91 Å². The number of carbonyl (C=O) groups is 4. The summed E-state index contributed by atoms with van der Waals surface area (Å²) in [6.07, 6.45) is 1.33. The largest absolute Gasteiger partial charge is 0.497 e. The minimum atomic E-state index is -1.78. The molecule has 3 atom stereocenters. The van der Waals surface area contributed by atoms with Crippen LogP contribution in [0.2, 0.25) is 0 Å². The van der Waals surface area contributed by atoms with Crippen LogP contribution in [0.15, 0.2) is 72.8 Å². The Kier molecular flexibility index (Phi) is 4.46. The zero-order valence-corrected chi connectivity index (χ0v) is 20.2. The Hall–Kier alpha value is -4.10. The van der Waals surface area contributed by atoms with Crippen molar-refractivity contribution >= 4 is 28.9 Å². The van der Waals surface area contributed by atoms with Crippen LogP contribution < -0.4 is 10.1 Å². The molecule has 1 aliphatic carbocycles.